The van der Waals surface area contributed by atoms with Crippen LogP contribution in [0.15, 0.2) is 0 Å². The Hall–Kier alpha value is -0.670. The zero-order chi connectivity index (χ0) is 7.98. The fourth-order valence-corrected chi connectivity index (χ4v) is 0.655. The summed E-state index contributed by atoms with van der Waals surface area (Å²) in [5.41, 5.74) is 0. The Labute approximate surface area is 57.9 Å². The molecule has 0 bridgehead atoms. The van der Waals surface area contributed by atoms with E-state index in [9.17, 15) is 13.6 Å². The first kappa shape index (κ1) is 9.33. The van der Waals surface area contributed by atoms with E-state index in [-0.39, 0.29) is 12.8 Å². The van der Waals surface area contributed by atoms with Crippen LogP contribution >= 0.6 is 0 Å². The third-order valence-corrected chi connectivity index (χ3v) is 1.26. The summed E-state index contributed by atoms with van der Waals surface area (Å²) >= 11 is 0. The van der Waals surface area contributed by atoms with Gasteiger partial charge < -0.3 is 5.11 Å². The second kappa shape index (κ2) is 5.14. The van der Waals surface area contributed by atoms with Gasteiger partial charge in [-0.05, 0) is 12.8 Å². The molecule has 0 saturated heterocycles. The Morgan fingerprint density at radius 3 is 1.90 bits per heavy atom. The van der Waals surface area contributed by atoms with Crippen molar-refractivity contribution in [2.24, 2.45) is 5.92 Å². The van der Waals surface area contributed by atoms with Gasteiger partial charge in [-0.15, -0.1) is 0 Å². The first-order valence-electron chi connectivity index (χ1n) is 3.07. The molecule has 10 heavy (non-hydrogen) atoms. The first-order chi connectivity index (χ1) is 4.72. The highest BCUT2D eigenvalue weighted by molar-refractivity contribution is 5.69. The predicted octanol–water partition coefficient (Wildman–Crippen LogP) is 1.41. The van der Waals surface area contributed by atoms with Crippen LogP contribution in [0.3, 0.4) is 0 Å². The summed E-state index contributed by atoms with van der Waals surface area (Å²) in [6, 6.07) is 0. The largest absolute Gasteiger partial charge is 0.481 e. The molecule has 0 fully saturated rings. The highest BCUT2D eigenvalue weighted by Crippen LogP contribution is 2.08. The number of hydrogen-bond acceptors (Lipinski definition) is 1. The van der Waals surface area contributed by atoms with Crippen molar-refractivity contribution in [1.82, 2.24) is 0 Å². The standard InChI is InChI=1S/C6H10F2O2/c7-3-1-5(2-4-8)6(9)10/h5H,1-4H2,(H,9,10). The highest BCUT2D eigenvalue weighted by Gasteiger charge is 2.15. The summed E-state index contributed by atoms with van der Waals surface area (Å²) in [5, 5.41) is 8.30. The molecular formula is C6H10F2O2. The summed E-state index contributed by atoms with van der Waals surface area (Å²) in [4.78, 5) is 10.1. The summed E-state index contributed by atoms with van der Waals surface area (Å²) in [6.45, 7) is -1.39. The maximum atomic E-state index is 11.5. The molecule has 0 radical (unpaired) electrons. The Balaban J connectivity index is 3.61. The summed E-state index contributed by atoms with van der Waals surface area (Å²) in [6.07, 6.45) is -0.168. The maximum absolute atomic E-state index is 11.5. The molecule has 0 spiro atoms. The average Bonchev–Trinajstić information content (AvgIpc) is 1.87. The number of alkyl halides is 2. The second-order valence-corrected chi connectivity index (χ2v) is 1.99. The minimum atomic E-state index is -1.12. The number of rotatable bonds is 5. The van der Waals surface area contributed by atoms with E-state index in [1.807, 2.05) is 0 Å². The monoisotopic (exact) mass is 152 g/mol. The molecule has 4 heteroatoms. The van der Waals surface area contributed by atoms with Crippen molar-refractivity contribution in [1.29, 1.82) is 0 Å². The van der Waals surface area contributed by atoms with Crippen LogP contribution in [-0.4, -0.2) is 24.4 Å². The number of carboxylic acid groups (broad SMARTS) is 1. The molecule has 0 aromatic heterocycles. The van der Waals surface area contributed by atoms with Crippen LogP contribution in [0.1, 0.15) is 12.8 Å². The average molecular weight is 152 g/mol. The fraction of sp³-hybridized carbons (Fsp3) is 0.833. The Kier molecular flexibility index (Phi) is 4.80. The molecule has 0 amide bonds. The SMILES string of the molecule is O=C(O)C(CCF)CCF. The van der Waals surface area contributed by atoms with Gasteiger partial charge in [0.15, 0.2) is 0 Å². The molecule has 0 aromatic rings. The predicted molar refractivity (Wildman–Crippen MR) is 32.3 cm³/mol. The molecular weight excluding hydrogens is 142 g/mol. The van der Waals surface area contributed by atoms with Gasteiger partial charge in [-0.3, -0.25) is 13.6 Å². The molecule has 0 heterocycles. The quantitative estimate of drug-likeness (QED) is 0.646. The van der Waals surface area contributed by atoms with E-state index in [2.05, 4.69) is 0 Å². The van der Waals surface area contributed by atoms with Crippen LogP contribution < -0.4 is 0 Å². The molecule has 0 atom stereocenters. The lowest BCUT2D eigenvalue weighted by molar-refractivity contribution is -0.142. The van der Waals surface area contributed by atoms with Crippen LogP contribution in [0.5, 0.6) is 0 Å². The van der Waals surface area contributed by atoms with Crippen molar-refractivity contribution < 1.29 is 18.7 Å². The summed E-state index contributed by atoms with van der Waals surface area (Å²) < 4.78 is 23.1. The van der Waals surface area contributed by atoms with Gasteiger partial charge in [-0.2, -0.15) is 0 Å². The van der Waals surface area contributed by atoms with Gasteiger partial charge in [0.05, 0.1) is 19.3 Å². The summed E-state index contributed by atoms with van der Waals surface area (Å²) in [7, 11) is 0. The maximum Gasteiger partial charge on any atom is 0.306 e. The van der Waals surface area contributed by atoms with E-state index in [1.54, 1.807) is 0 Å². The van der Waals surface area contributed by atoms with Crippen LogP contribution in [-0.2, 0) is 4.79 Å². The van der Waals surface area contributed by atoms with E-state index >= 15 is 0 Å². The van der Waals surface area contributed by atoms with E-state index in [0.717, 1.165) is 0 Å². The van der Waals surface area contributed by atoms with Gasteiger partial charge in [0, 0.05) is 0 Å². The highest BCUT2D eigenvalue weighted by atomic mass is 19.1. The van der Waals surface area contributed by atoms with Crippen molar-refractivity contribution >= 4 is 5.97 Å². The lowest BCUT2D eigenvalue weighted by atomic mass is 10.0. The van der Waals surface area contributed by atoms with Gasteiger partial charge in [0.1, 0.15) is 0 Å². The Bertz CT molecular complexity index is 99.9. The molecule has 0 aliphatic carbocycles. The third kappa shape index (κ3) is 3.37. The topological polar surface area (TPSA) is 37.3 Å². The Morgan fingerprint density at radius 1 is 1.30 bits per heavy atom. The van der Waals surface area contributed by atoms with E-state index in [1.165, 1.54) is 0 Å². The van der Waals surface area contributed by atoms with Gasteiger partial charge in [-0.25, -0.2) is 0 Å². The van der Waals surface area contributed by atoms with E-state index < -0.39 is 25.2 Å². The lowest BCUT2D eigenvalue weighted by Gasteiger charge is -2.05. The minimum absolute atomic E-state index is 0.0841. The van der Waals surface area contributed by atoms with Crippen molar-refractivity contribution in [3.05, 3.63) is 0 Å². The van der Waals surface area contributed by atoms with Crippen molar-refractivity contribution in [2.45, 2.75) is 12.8 Å². The molecule has 0 rings (SSSR count). The lowest BCUT2D eigenvalue weighted by Crippen LogP contribution is -2.14. The fourth-order valence-electron chi connectivity index (χ4n) is 0.655. The number of hydrogen-bond donors (Lipinski definition) is 1. The normalized spacial score (nSPS) is 10.3. The van der Waals surface area contributed by atoms with Gasteiger partial charge in [-0.1, -0.05) is 0 Å². The van der Waals surface area contributed by atoms with Crippen LogP contribution in [0.25, 0.3) is 0 Å². The molecule has 2 nitrogen and oxygen atoms in total. The van der Waals surface area contributed by atoms with E-state index in [0.29, 0.717) is 0 Å². The molecule has 0 unspecified atom stereocenters. The number of halogens is 2. The van der Waals surface area contributed by atoms with Crippen LogP contribution in [0, 0.1) is 5.92 Å². The molecule has 0 saturated carbocycles. The van der Waals surface area contributed by atoms with Crippen molar-refractivity contribution in [3.8, 4) is 0 Å². The van der Waals surface area contributed by atoms with Crippen molar-refractivity contribution in [2.75, 3.05) is 13.3 Å². The molecule has 0 aliphatic rings. The molecule has 60 valence electrons. The molecule has 0 aromatic carbocycles. The van der Waals surface area contributed by atoms with Crippen molar-refractivity contribution in [3.63, 3.8) is 0 Å². The zero-order valence-corrected chi connectivity index (χ0v) is 5.52. The third-order valence-electron chi connectivity index (χ3n) is 1.26. The zero-order valence-electron chi connectivity index (χ0n) is 5.52. The van der Waals surface area contributed by atoms with Crippen LogP contribution in [0.4, 0.5) is 8.78 Å². The number of aliphatic carboxylic acids is 1. The van der Waals surface area contributed by atoms with Gasteiger partial charge in [0.25, 0.3) is 0 Å². The molecule has 1 N–H and O–H groups in total. The van der Waals surface area contributed by atoms with Gasteiger partial charge in [0.2, 0.25) is 0 Å². The first-order valence-corrected chi connectivity index (χ1v) is 3.07. The van der Waals surface area contributed by atoms with Gasteiger partial charge >= 0.3 is 5.97 Å². The Morgan fingerprint density at radius 2 is 1.70 bits per heavy atom. The number of carboxylic acids is 1. The minimum Gasteiger partial charge on any atom is -0.481 e. The molecule has 0 aliphatic heterocycles. The van der Waals surface area contributed by atoms with E-state index in [4.69, 9.17) is 5.11 Å². The summed E-state index contributed by atoms with van der Waals surface area (Å²) in [5.74, 6) is -1.97. The number of carbonyl (C=O) groups is 1. The smallest absolute Gasteiger partial charge is 0.306 e. The van der Waals surface area contributed by atoms with Crippen LogP contribution in [0.2, 0.25) is 0 Å². The second-order valence-electron chi connectivity index (χ2n) is 1.99.